The van der Waals surface area contributed by atoms with Crippen LogP contribution < -0.4 is 15.4 Å². The van der Waals surface area contributed by atoms with Crippen LogP contribution in [0.15, 0.2) is 18.2 Å². The van der Waals surface area contributed by atoms with Crippen LogP contribution in [-0.2, 0) is 11.3 Å². The molecule has 112 valence electrons. The predicted molar refractivity (Wildman–Crippen MR) is 83.2 cm³/mol. The summed E-state index contributed by atoms with van der Waals surface area (Å²) in [6.45, 7) is 2.57. The zero-order valence-corrected chi connectivity index (χ0v) is 12.7. The van der Waals surface area contributed by atoms with Gasteiger partial charge in [0.1, 0.15) is 5.75 Å². The summed E-state index contributed by atoms with van der Waals surface area (Å²) in [4.78, 5) is 11.8. The highest BCUT2D eigenvalue weighted by Crippen LogP contribution is 2.26. The number of halogens is 1. The van der Waals surface area contributed by atoms with Crippen molar-refractivity contribution in [2.45, 2.75) is 38.5 Å². The molecule has 0 radical (unpaired) electrons. The summed E-state index contributed by atoms with van der Waals surface area (Å²) in [5, 5.41) is 6.67. The number of terminal acetylenes is 1. The van der Waals surface area contributed by atoms with Gasteiger partial charge in [0, 0.05) is 23.2 Å². The average Bonchev–Trinajstić information content (AvgIpc) is 3.29. The summed E-state index contributed by atoms with van der Waals surface area (Å²) >= 11 is 6.03. The Bertz CT molecular complexity index is 550. The van der Waals surface area contributed by atoms with Gasteiger partial charge in [0.15, 0.2) is 6.10 Å². The van der Waals surface area contributed by atoms with Crippen molar-refractivity contribution < 1.29 is 9.53 Å². The Labute approximate surface area is 130 Å². The van der Waals surface area contributed by atoms with Crippen molar-refractivity contribution in [3.05, 3.63) is 28.8 Å². The lowest BCUT2D eigenvalue weighted by Gasteiger charge is -2.17. The van der Waals surface area contributed by atoms with Gasteiger partial charge in [-0.15, -0.1) is 6.42 Å². The molecular formula is C16H19ClN2O2. The molecule has 2 rings (SSSR count). The highest BCUT2D eigenvalue weighted by Gasteiger charge is 2.21. The molecule has 21 heavy (non-hydrogen) atoms. The number of hydrogen-bond donors (Lipinski definition) is 2. The van der Waals surface area contributed by atoms with Crippen LogP contribution in [0.1, 0.15) is 25.3 Å². The van der Waals surface area contributed by atoms with E-state index in [1.54, 1.807) is 19.1 Å². The molecule has 0 aromatic heterocycles. The minimum Gasteiger partial charge on any atom is -0.481 e. The van der Waals surface area contributed by atoms with E-state index in [1.807, 2.05) is 6.07 Å². The number of ether oxygens (including phenoxy) is 1. The van der Waals surface area contributed by atoms with Gasteiger partial charge in [0.2, 0.25) is 0 Å². The fraction of sp³-hybridized carbons (Fsp3) is 0.438. The number of carbonyl (C=O) groups is 1. The van der Waals surface area contributed by atoms with E-state index >= 15 is 0 Å². The lowest BCUT2D eigenvalue weighted by molar-refractivity contribution is -0.127. The Hall–Kier alpha value is -1.70. The van der Waals surface area contributed by atoms with Gasteiger partial charge in [-0.1, -0.05) is 17.5 Å². The van der Waals surface area contributed by atoms with Crippen molar-refractivity contribution >= 4 is 17.5 Å². The zero-order chi connectivity index (χ0) is 15.2. The third-order valence-electron chi connectivity index (χ3n) is 3.22. The molecule has 4 nitrogen and oxygen atoms in total. The first-order valence-electron chi connectivity index (χ1n) is 7.00. The number of carbonyl (C=O) groups excluding carboxylic acids is 1. The summed E-state index contributed by atoms with van der Waals surface area (Å²) in [6, 6.07) is 5.99. The monoisotopic (exact) mass is 306 g/mol. The highest BCUT2D eigenvalue weighted by atomic mass is 35.5. The highest BCUT2D eigenvalue weighted by molar-refractivity contribution is 6.30. The first-order valence-corrected chi connectivity index (χ1v) is 7.37. The second kappa shape index (κ2) is 7.35. The minimum absolute atomic E-state index is 0.198. The van der Waals surface area contributed by atoms with Gasteiger partial charge in [-0.25, -0.2) is 0 Å². The number of rotatable bonds is 7. The Morgan fingerprint density at radius 1 is 1.57 bits per heavy atom. The van der Waals surface area contributed by atoms with Crippen LogP contribution in [0.5, 0.6) is 5.75 Å². The molecule has 1 aromatic carbocycles. The van der Waals surface area contributed by atoms with E-state index in [1.165, 1.54) is 12.8 Å². The summed E-state index contributed by atoms with van der Waals surface area (Å²) in [5.41, 5.74) is 0.950. The van der Waals surface area contributed by atoms with Crippen molar-refractivity contribution in [1.29, 1.82) is 0 Å². The Balaban J connectivity index is 2.00. The van der Waals surface area contributed by atoms with Crippen LogP contribution in [0.4, 0.5) is 0 Å². The second-order valence-electron chi connectivity index (χ2n) is 5.09. The van der Waals surface area contributed by atoms with Crippen LogP contribution in [0.25, 0.3) is 0 Å². The standard InChI is InChI=1S/C16H19ClN2O2/c1-3-8-18-16(20)11(2)21-15-7-4-13(17)9-12(15)10-19-14-5-6-14/h1,4,7,9,11,14,19H,5-6,8,10H2,2H3,(H,18,20). The molecule has 1 saturated carbocycles. The third-order valence-corrected chi connectivity index (χ3v) is 3.45. The largest absolute Gasteiger partial charge is 0.481 e. The van der Waals surface area contributed by atoms with Crippen molar-refractivity contribution in [2.75, 3.05) is 6.54 Å². The quantitative estimate of drug-likeness (QED) is 0.759. The van der Waals surface area contributed by atoms with Gasteiger partial charge < -0.3 is 15.4 Å². The molecule has 1 atom stereocenters. The Morgan fingerprint density at radius 2 is 2.33 bits per heavy atom. The maximum Gasteiger partial charge on any atom is 0.261 e. The van der Waals surface area contributed by atoms with E-state index < -0.39 is 6.10 Å². The topological polar surface area (TPSA) is 50.4 Å². The maximum atomic E-state index is 11.8. The minimum atomic E-state index is -0.612. The fourth-order valence-electron chi connectivity index (χ4n) is 1.87. The van der Waals surface area contributed by atoms with Gasteiger partial charge in [-0.2, -0.15) is 0 Å². The van der Waals surface area contributed by atoms with E-state index in [9.17, 15) is 4.79 Å². The third kappa shape index (κ3) is 4.96. The summed E-state index contributed by atoms with van der Waals surface area (Å²) < 4.78 is 5.73. The van der Waals surface area contributed by atoms with Crippen LogP contribution in [0.3, 0.4) is 0 Å². The summed E-state index contributed by atoms with van der Waals surface area (Å²) in [7, 11) is 0. The lowest BCUT2D eigenvalue weighted by Crippen LogP contribution is -2.36. The predicted octanol–water partition coefficient (Wildman–Crippen LogP) is 2.11. The number of nitrogens with one attached hydrogen (secondary N) is 2. The number of benzene rings is 1. The molecule has 0 spiro atoms. The molecule has 2 N–H and O–H groups in total. The van der Waals surface area contributed by atoms with E-state index in [0.29, 0.717) is 23.4 Å². The first kappa shape index (κ1) is 15.7. The summed E-state index contributed by atoms with van der Waals surface area (Å²) in [6.07, 6.45) is 6.92. The molecule has 0 aliphatic heterocycles. The molecule has 1 fully saturated rings. The van der Waals surface area contributed by atoms with E-state index in [2.05, 4.69) is 16.6 Å². The number of amides is 1. The van der Waals surface area contributed by atoms with Crippen molar-refractivity contribution in [3.8, 4) is 18.1 Å². The molecule has 1 unspecified atom stereocenters. The van der Waals surface area contributed by atoms with Gasteiger partial charge in [0.25, 0.3) is 5.91 Å². The van der Waals surface area contributed by atoms with Crippen LogP contribution in [-0.4, -0.2) is 24.6 Å². The molecule has 1 aliphatic rings. The second-order valence-corrected chi connectivity index (χ2v) is 5.53. The SMILES string of the molecule is C#CCNC(=O)C(C)Oc1ccc(Cl)cc1CNC1CC1. The van der Waals surface area contributed by atoms with Gasteiger partial charge in [0.05, 0.1) is 6.54 Å². The number of hydrogen-bond acceptors (Lipinski definition) is 3. The smallest absolute Gasteiger partial charge is 0.261 e. The lowest BCUT2D eigenvalue weighted by atomic mass is 10.2. The van der Waals surface area contributed by atoms with E-state index in [4.69, 9.17) is 22.8 Å². The van der Waals surface area contributed by atoms with Crippen LogP contribution in [0, 0.1) is 12.3 Å². The molecule has 1 aliphatic carbocycles. The van der Waals surface area contributed by atoms with Crippen LogP contribution >= 0.6 is 11.6 Å². The normalized spacial score (nSPS) is 15.1. The van der Waals surface area contributed by atoms with Crippen molar-refractivity contribution in [1.82, 2.24) is 10.6 Å². The maximum absolute atomic E-state index is 11.8. The Morgan fingerprint density at radius 3 is 3.00 bits per heavy atom. The molecule has 0 saturated heterocycles. The molecule has 1 amide bonds. The van der Waals surface area contributed by atoms with E-state index in [0.717, 1.165) is 5.56 Å². The van der Waals surface area contributed by atoms with Crippen molar-refractivity contribution in [2.24, 2.45) is 0 Å². The molecule has 1 aromatic rings. The van der Waals surface area contributed by atoms with Crippen LogP contribution in [0.2, 0.25) is 5.02 Å². The first-order chi connectivity index (χ1) is 10.1. The fourth-order valence-corrected chi connectivity index (χ4v) is 2.06. The zero-order valence-electron chi connectivity index (χ0n) is 12.0. The van der Waals surface area contributed by atoms with Gasteiger partial charge >= 0.3 is 0 Å². The van der Waals surface area contributed by atoms with Gasteiger partial charge in [-0.3, -0.25) is 4.79 Å². The average molecular weight is 307 g/mol. The molecular weight excluding hydrogens is 288 g/mol. The van der Waals surface area contributed by atoms with E-state index in [-0.39, 0.29) is 12.5 Å². The van der Waals surface area contributed by atoms with Gasteiger partial charge in [-0.05, 0) is 38.0 Å². The molecule has 0 bridgehead atoms. The van der Waals surface area contributed by atoms with Crippen molar-refractivity contribution in [3.63, 3.8) is 0 Å². The molecule has 5 heteroatoms. The Kier molecular flexibility index (Phi) is 5.49. The summed E-state index contributed by atoms with van der Waals surface area (Å²) in [5.74, 6) is 2.79. The molecule has 0 heterocycles.